The number of nitrogens with two attached hydrogens (primary N) is 1. The van der Waals surface area contributed by atoms with E-state index in [1.54, 1.807) is 100 Å². The first-order chi connectivity index (χ1) is 35.3. The fraction of sp³-hybridized carbons (Fsp3) is 0.519. The molecule has 4 rings (SSSR count). The summed E-state index contributed by atoms with van der Waals surface area (Å²) in [5.41, 5.74) is 9.09. The molecule has 0 aliphatic rings. The molecule has 2 atom stereocenters. The number of rotatable bonds is 18. The molecule has 0 fully saturated rings. The number of hydrogen-bond acceptors (Lipinski definition) is 16. The van der Waals surface area contributed by atoms with Crippen molar-refractivity contribution < 1.29 is 84.3 Å². The van der Waals surface area contributed by atoms with Crippen LogP contribution in [-0.4, -0.2) is 127 Å². The predicted molar refractivity (Wildman–Crippen MR) is 297 cm³/mol. The Bertz CT molecular complexity index is 2580. The van der Waals surface area contributed by atoms with E-state index in [4.69, 9.17) is 26.8 Å². The van der Waals surface area contributed by atoms with E-state index in [9.17, 15) is 19.2 Å². The van der Waals surface area contributed by atoms with Crippen molar-refractivity contribution >= 4 is 64.6 Å². The molecule has 0 saturated heterocycles. The van der Waals surface area contributed by atoms with Crippen LogP contribution in [-0.2, 0) is 74.7 Å². The first-order valence-corrected chi connectivity index (χ1v) is 25.4. The van der Waals surface area contributed by atoms with Crippen LogP contribution in [0, 0.1) is 37.5 Å². The first-order valence-electron chi connectivity index (χ1n) is 25.0. The minimum absolute atomic E-state index is 0. The van der Waals surface area contributed by atoms with E-state index in [0.717, 1.165) is 48.7 Å². The predicted octanol–water partition coefficient (Wildman–Crippen LogP) is 8.67. The van der Waals surface area contributed by atoms with Gasteiger partial charge in [-0.25, -0.2) is 19.6 Å². The molecule has 4 aromatic heterocycles. The van der Waals surface area contributed by atoms with Crippen molar-refractivity contribution in [2.75, 3.05) is 62.0 Å². The Labute approximate surface area is 503 Å². The molecule has 4 amide bonds. The quantitative estimate of drug-likeness (QED) is 0.0309. The van der Waals surface area contributed by atoms with Crippen LogP contribution >= 0.6 is 11.6 Å². The number of nitrogen functional groups attached to an aromatic ring is 1. The number of aromatic nitrogens is 6. The molecule has 0 aliphatic carbocycles. The molecule has 0 saturated carbocycles. The summed E-state index contributed by atoms with van der Waals surface area (Å²) in [7, 11) is 3.09. The molecule has 0 spiro atoms. The van der Waals surface area contributed by atoms with Gasteiger partial charge in [-0.1, -0.05) is 37.5 Å². The van der Waals surface area contributed by atoms with Gasteiger partial charge in [-0.15, -0.1) is 0 Å². The number of pyridine rings is 2. The maximum Gasteiger partial charge on any atom is 0.410 e. The smallest absolute Gasteiger partial charge is 0.410 e. The van der Waals surface area contributed by atoms with Crippen molar-refractivity contribution in [3.63, 3.8) is 0 Å². The molecular weight excluding hydrogens is 1130 g/mol. The average Bonchev–Trinajstić information content (AvgIpc) is 3.33. The van der Waals surface area contributed by atoms with Gasteiger partial charge in [-0.3, -0.25) is 29.4 Å². The molecule has 4 heterocycles. The number of carbonyl (C=O) groups excluding carboxylic acids is 4. The number of likely N-dealkylation sites (N-methyl/N-ethyl adjacent to an activating group) is 2. The summed E-state index contributed by atoms with van der Waals surface area (Å²) in [5.74, 6) is 13.6. The Balaban J connectivity index is 0. The molecule has 0 unspecified atom stereocenters. The van der Waals surface area contributed by atoms with E-state index in [1.165, 1.54) is 9.80 Å². The maximum atomic E-state index is 12.4. The SMILES string of the molecule is CCCNc1nc(Cl)ncc1C#CCCCNC(=O)[C@H](C)N(C)C(=O)OC(C)(C)C.CCCNc1nc(Nc2ccnc(C)c2)ncc1C#CCCCNC(=O)[C@H](C)N(C)C(=O)OC(C)(C)C.Cc1cc(N)ccn1.[V].[V].[V]. The Morgan fingerprint density at radius 1 is 0.667 bits per heavy atom. The number of amides is 4. The van der Waals surface area contributed by atoms with Gasteiger partial charge in [0.1, 0.15) is 34.9 Å². The summed E-state index contributed by atoms with van der Waals surface area (Å²) in [6, 6.07) is 6.11. The number of unbranched alkanes of at least 4 members (excludes halogenated alkanes) is 2. The van der Waals surface area contributed by atoms with Gasteiger partial charge in [-0.2, -0.15) is 9.97 Å². The number of anilines is 5. The Hall–Kier alpha value is -5.70. The van der Waals surface area contributed by atoms with E-state index < -0.39 is 35.5 Å². The van der Waals surface area contributed by atoms with Crippen LogP contribution in [0.25, 0.3) is 0 Å². The van der Waals surface area contributed by atoms with Gasteiger partial charge in [0.05, 0.1) is 17.3 Å². The van der Waals surface area contributed by atoms with Crippen molar-refractivity contribution in [1.82, 2.24) is 50.3 Å². The summed E-state index contributed by atoms with van der Waals surface area (Å²) in [5, 5.41) is 15.5. The van der Waals surface area contributed by atoms with Crippen LogP contribution < -0.4 is 32.3 Å². The summed E-state index contributed by atoms with van der Waals surface area (Å²) >= 11 is 5.84. The third-order valence-electron chi connectivity index (χ3n) is 9.99. The zero-order valence-corrected chi connectivity index (χ0v) is 52.6. The van der Waals surface area contributed by atoms with Crippen LogP contribution in [0.5, 0.6) is 0 Å². The van der Waals surface area contributed by atoms with Gasteiger partial charge in [0, 0.05) is 150 Å². The molecule has 423 valence electrons. The minimum atomic E-state index is -0.645. The molecule has 7 N–H and O–H groups in total. The molecule has 0 aromatic carbocycles. The molecule has 0 bridgehead atoms. The number of aryl methyl sites for hydroxylation is 2. The zero-order chi connectivity index (χ0) is 56.1. The topological polar surface area (TPSA) is 257 Å². The first kappa shape index (κ1) is 74.4. The molecule has 3 radical (unpaired) electrons. The van der Waals surface area contributed by atoms with Crippen LogP contribution in [0.1, 0.15) is 130 Å². The third kappa shape index (κ3) is 31.0. The summed E-state index contributed by atoms with van der Waals surface area (Å²) < 4.78 is 10.6. The number of hydrogen-bond donors (Lipinski definition) is 6. The number of halogens is 1. The number of nitrogens with one attached hydrogen (secondary N) is 5. The Kier molecular flexibility index (Phi) is 37.0. The van der Waals surface area contributed by atoms with Crippen molar-refractivity contribution in [3.05, 3.63) is 76.9 Å². The van der Waals surface area contributed by atoms with E-state index in [2.05, 4.69) is 94.0 Å². The van der Waals surface area contributed by atoms with Gasteiger partial charge in [0.25, 0.3) is 0 Å². The zero-order valence-electron chi connectivity index (χ0n) is 47.7. The van der Waals surface area contributed by atoms with Gasteiger partial charge >= 0.3 is 12.2 Å². The fourth-order valence-corrected chi connectivity index (χ4v) is 5.92. The third-order valence-corrected chi connectivity index (χ3v) is 10.2. The second kappa shape index (κ2) is 38.8. The fourth-order valence-electron chi connectivity index (χ4n) is 5.78. The van der Waals surface area contributed by atoms with E-state index in [1.807, 2.05) is 32.0 Å². The molecule has 0 aliphatic heterocycles. The van der Waals surface area contributed by atoms with E-state index >= 15 is 0 Å². The summed E-state index contributed by atoms with van der Waals surface area (Å²) in [6.07, 6.45) is 10.1. The second-order valence-corrected chi connectivity index (χ2v) is 19.5. The second-order valence-electron chi connectivity index (χ2n) is 19.2. The van der Waals surface area contributed by atoms with Crippen molar-refractivity contribution in [2.24, 2.45) is 0 Å². The molecule has 4 aromatic rings. The Morgan fingerprint density at radius 3 is 1.51 bits per heavy atom. The Morgan fingerprint density at radius 2 is 1.10 bits per heavy atom. The standard InChI is InChI=1S/C27H39N7O3.C21H32ClN5O3.C6H8N2.3V/c1-8-14-29-23-21(18-31-25(33-23)32-22-13-16-28-19(2)17-22)12-10-9-11-15-30-24(35)20(3)34(7)26(36)37-27(4,5)6;1-7-12-23-17-16(14-25-19(22)26-17)11-9-8-10-13-24-18(28)15(2)27(6)20(29)30-21(3,4)5;1-5-4-6(7)2-3-8-5;;;/h13,16-18,20H,8-9,11,14-15H2,1-7H3,(H,30,35)(H2,28,29,31,32,33);14-15H,7-8,10,12-13H2,1-6H3,(H,24,28)(H,23,25,26);2-4H,1H3,(H2,7,8);;;/t20-;15-;;;;/m00..../s1. The summed E-state index contributed by atoms with van der Waals surface area (Å²) in [6.45, 7) is 24.4. The molecule has 24 heteroatoms. The van der Waals surface area contributed by atoms with Crippen molar-refractivity contribution in [2.45, 2.75) is 145 Å². The van der Waals surface area contributed by atoms with Crippen LogP contribution in [0.2, 0.25) is 5.28 Å². The van der Waals surface area contributed by atoms with Gasteiger partial charge in [0.2, 0.25) is 23.0 Å². The van der Waals surface area contributed by atoms with Crippen LogP contribution in [0.4, 0.5) is 38.5 Å². The number of nitrogens with zero attached hydrogens (tertiary/aromatic N) is 8. The number of ether oxygens (including phenoxy) is 2. The molecule has 78 heavy (non-hydrogen) atoms. The van der Waals surface area contributed by atoms with E-state index in [0.29, 0.717) is 67.5 Å². The minimum Gasteiger partial charge on any atom is -0.444 e. The molecule has 20 nitrogen and oxygen atoms in total. The van der Waals surface area contributed by atoms with Crippen LogP contribution in [0.3, 0.4) is 0 Å². The van der Waals surface area contributed by atoms with Crippen molar-refractivity contribution in [3.8, 4) is 23.7 Å². The van der Waals surface area contributed by atoms with Gasteiger partial charge < -0.3 is 41.8 Å². The molecular formula is C54H79ClN14O6V3. The van der Waals surface area contributed by atoms with Gasteiger partial charge in [0.15, 0.2) is 0 Å². The van der Waals surface area contributed by atoms with Gasteiger partial charge in [-0.05, 0) is 131 Å². The van der Waals surface area contributed by atoms with E-state index in [-0.39, 0.29) is 72.8 Å². The summed E-state index contributed by atoms with van der Waals surface area (Å²) in [4.78, 5) is 76.7. The average molecular weight is 1210 g/mol. The normalized spacial score (nSPS) is 10.9. The monoisotopic (exact) mass is 1210 g/mol. The number of carbonyl (C=O) groups is 4. The maximum absolute atomic E-state index is 12.4. The largest absolute Gasteiger partial charge is 0.444 e. The van der Waals surface area contributed by atoms with Crippen molar-refractivity contribution in [1.29, 1.82) is 0 Å². The van der Waals surface area contributed by atoms with Crippen LogP contribution in [0.15, 0.2) is 49.1 Å².